The molecule has 0 spiro atoms. The predicted molar refractivity (Wildman–Crippen MR) is 71.6 cm³/mol. The van der Waals surface area contributed by atoms with Crippen LogP contribution in [0.3, 0.4) is 0 Å². The SMILES string of the molecule is Cc1csc(Cn2c(C)c(Br)c(C)nc2=O)n1. The summed E-state index contributed by atoms with van der Waals surface area (Å²) in [7, 11) is 0. The fourth-order valence-electron chi connectivity index (χ4n) is 1.57. The van der Waals surface area contributed by atoms with Crippen LogP contribution in [0.5, 0.6) is 0 Å². The van der Waals surface area contributed by atoms with Crippen molar-refractivity contribution in [2.24, 2.45) is 0 Å². The summed E-state index contributed by atoms with van der Waals surface area (Å²) in [4.78, 5) is 20.2. The average molecular weight is 314 g/mol. The Morgan fingerprint density at radius 1 is 1.35 bits per heavy atom. The maximum Gasteiger partial charge on any atom is 0.348 e. The highest BCUT2D eigenvalue weighted by Gasteiger charge is 2.10. The highest BCUT2D eigenvalue weighted by molar-refractivity contribution is 9.10. The number of halogens is 1. The van der Waals surface area contributed by atoms with Gasteiger partial charge in [0.15, 0.2) is 0 Å². The monoisotopic (exact) mass is 313 g/mol. The molecule has 0 fully saturated rings. The zero-order valence-electron chi connectivity index (χ0n) is 9.82. The molecule has 2 heterocycles. The first-order chi connectivity index (χ1) is 7.99. The van der Waals surface area contributed by atoms with Gasteiger partial charge in [-0.05, 0) is 36.7 Å². The topological polar surface area (TPSA) is 47.8 Å². The smallest absolute Gasteiger partial charge is 0.289 e. The van der Waals surface area contributed by atoms with Gasteiger partial charge in [-0.15, -0.1) is 11.3 Å². The lowest BCUT2D eigenvalue weighted by atomic mass is 10.3. The molecular formula is C11H12BrN3OS. The van der Waals surface area contributed by atoms with E-state index >= 15 is 0 Å². The Morgan fingerprint density at radius 2 is 2.06 bits per heavy atom. The molecule has 0 saturated carbocycles. The molecule has 0 bridgehead atoms. The van der Waals surface area contributed by atoms with Gasteiger partial charge >= 0.3 is 5.69 Å². The molecule has 0 aliphatic carbocycles. The summed E-state index contributed by atoms with van der Waals surface area (Å²) in [5.41, 5.74) is 2.36. The van der Waals surface area contributed by atoms with Gasteiger partial charge < -0.3 is 0 Å². The van der Waals surface area contributed by atoms with Gasteiger partial charge in [0.2, 0.25) is 0 Å². The van der Waals surface area contributed by atoms with E-state index in [0.29, 0.717) is 6.54 Å². The minimum Gasteiger partial charge on any atom is -0.289 e. The van der Waals surface area contributed by atoms with Crippen molar-refractivity contribution in [2.45, 2.75) is 27.3 Å². The first kappa shape index (κ1) is 12.4. The molecule has 0 atom stereocenters. The fourth-order valence-corrected chi connectivity index (χ4v) is 2.64. The molecule has 0 aliphatic heterocycles. The van der Waals surface area contributed by atoms with Gasteiger partial charge in [0, 0.05) is 16.8 Å². The molecule has 0 N–H and O–H groups in total. The van der Waals surface area contributed by atoms with E-state index < -0.39 is 0 Å². The standard InChI is InChI=1S/C11H12BrN3OS/c1-6-5-17-9(13-6)4-15-8(3)10(12)7(2)14-11(15)16/h5H,4H2,1-3H3. The highest BCUT2D eigenvalue weighted by atomic mass is 79.9. The van der Waals surface area contributed by atoms with Crippen molar-refractivity contribution in [3.05, 3.63) is 42.4 Å². The summed E-state index contributed by atoms with van der Waals surface area (Å²) >= 11 is 5.00. The van der Waals surface area contributed by atoms with Gasteiger partial charge in [-0.1, -0.05) is 0 Å². The van der Waals surface area contributed by atoms with Crippen LogP contribution in [0.25, 0.3) is 0 Å². The van der Waals surface area contributed by atoms with E-state index in [0.717, 1.165) is 26.6 Å². The Kier molecular flexibility index (Phi) is 3.44. The summed E-state index contributed by atoms with van der Waals surface area (Å²) in [6.45, 7) is 6.14. The minimum atomic E-state index is -0.226. The number of rotatable bonds is 2. The van der Waals surface area contributed by atoms with Crippen LogP contribution >= 0.6 is 27.3 Å². The highest BCUT2D eigenvalue weighted by Crippen LogP contribution is 2.18. The number of nitrogens with zero attached hydrogens (tertiary/aromatic N) is 3. The molecule has 0 amide bonds. The third-order valence-corrected chi connectivity index (χ3v) is 4.59. The van der Waals surface area contributed by atoms with Crippen LogP contribution in [-0.2, 0) is 6.54 Å². The van der Waals surface area contributed by atoms with Crippen molar-refractivity contribution in [3.63, 3.8) is 0 Å². The molecular weight excluding hydrogens is 302 g/mol. The fraction of sp³-hybridized carbons (Fsp3) is 0.364. The third kappa shape index (κ3) is 2.47. The molecule has 0 aromatic carbocycles. The van der Waals surface area contributed by atoms with Crippen molar-refractivity contribution >= 4 is 27.3 Å². The summed E-state index contributed by atoms with van der Waals surface area (Å²) in [5.74, 6) is 0. The Labute approximate surface area is 111 Å². The van der Waals surface area contributed by atoms with Crippen molar-refractivity contribution in [1.29, 1.82) is 0 Å². The lowest BCUT2D eigenvalue weighted by Gasteiger charge is -2.10. The van der Waals surface area contributed by atoms with E-state index in [9.17, 15) is 4.79 Å². The summed E-state index contributed by atoms with van der Waals surface area (Å²) in [6, 6.07) is 0. The molecule has 0 saturated heterocycles. The Balaban J connectivity index is 2.46. The van der Waals surface area contributed by atoms with E-state index in [1.807, 2.05) is 26.2 Å². The lowest BCUT2D eigenvalue weighted by Crippen LogP contribution is -2.26. The van der Waals surface area contributed by atoms with Crippen molar-refractivity contribution in [2.75, 3.05) is 0 Å². The van der Waals surface area contributed by atoms with Gasteiger partial charge in [-0.2, -0.15) is 4.98 Å². The van der Waals surface area contributed by atoms with E-state index in [2.05, 4.69) is 25.9 Å². The van der Waals surface area contributed by atoms with E-state index in [4.69, 9.17) is 0 Å². The predicted octanol–water partition coefficient (Wildman–Crippen LogP) is 2.44. The Morgan fingerprint density at radius 3 is 2.65 bits per heavy atom. The minimum absolute atomic E-state index is 0.226. The van der Waals surface area contributed by atoms with Gasteiger partial charge in [-0.3, -0.25) is 4.57 Å². The maximum absolute atomic E-state index is 11.8. The van der Waals surface area contributed by atoms with Crippen molar-refractivity contribution in [1.82, 2.24) is 14.5 Å². The summed E-state index contributed by atoms with van der Waals surface area (Å²) in [6.07, 6.45) is 0. The van der Waals surface area contributed by atoms with E-state index in [1.165, 1.54) is 0 Å². The second-order valence-electron chi connectivity index (χ2n) is 3.85. The molecule has 4 nitrogen and oxygen atoms in total. The normalized spacial score (nSPS) is 10.8. The number of aromatic nitrogens is 3. The molecule has 2 aromatic heterocycles. The van der Waals surface area contributed by atoms with Crippen LogP contribution in [0, 0.1) is 20.8 Å². The zero-order valence-corrected chi connectivity index (χ0v) is 12.2. The largest absolute Gasteiger partial charge is 0.348 e. The zero-order chi connectivity index (χ0) is 12.6. The van der Waals surface area contributed by atoms with Crippen LogP contribution in [0.15, 0.2) is 14.6 Å². The summed E-state index contributed by atoms with van der Waals surface area (Å²) in [5, 5.41) is 2.90. The molecule has 90 valence electrons. The van der Waals surface area contributed by atoms with Crippen molar-refractivity contribution in [3.8, 4) is 0 Å². The number of hydrogen-bond acceptors (Lipinski definition) is 4. The van der Waals surface area contributed by atoms with E-state index in [1.54, 1.807) is 15.9 Å². The van der Waals surface area contributed by atoms with Crippen LogP contribution in [0.4, 0.5) is 0 Å². The second kappa shape index (κ2) is 4.70. The Bertz CT molecular complexity index is 618. The van der Waals surface area contributed by atoms with E-state index in [-0.39, 0.29) is 5.69 Å². The molecule has 2 aromatic rings. The quantitative estimate of drug-likeness (QED) is 0.855. The number of thiazole rings is 1. The molecule has 0 radical (unpaired) electrons. The second-order valence-corrected chi connectivity index (χ2v) is 5.58. The van der Waals surface area contributed by atoms with Crippen LogP contribution in [0.2, 0.25) is 0 Å². The van der Waals surface area contributed by atoms with Gasteiger partial charge in [0.1, 0.15) is 5.01 Å². The van der Waals surface area contributed by atoms with Crippen molar-refractivity contribution < 1.29 is 0 Å². The van der Waals surface area contributed by atoms with Gasteiger partial charge in [0.25, 0.3) is 0 Å². The number of hydrogen-bond donors (Lipinski definition) is 0. The van der Waals surface area contributed by atoms with Crippen LogP contribution in [0.1, 0.15) is 22.1 Å². The average Bonchev–Trinajstić information content (AvgIpc) is 2.67. The van der Waals surface area contributed by atoms with Crippen LogP contribution in [-0.4, -0.2) is 14.5 Å². The first-order valence-corrected chi connectivity index (χ1v) is 6.81. The molecule has 6 heteroatoms. The Hall–Kier alpha value is -1.01. The third-order valence-electron chi connectivity index (χ3n) is 2.49. The van der Waals surface area contributed by atoms with Gasteiger partial charge in [-0.25, -0.2) is 9.78 Å². The first-order valence-electron chi connectivity index (χ1n) is 5.13. The van der Waals surface area contributed by atoms with Crippen LogP contribution < -0.4 is 5.69 Å². The number of aryl methyl sites for hydroxylation is 2. The molecule has 2 rings (SSSR count). The summed E-state index contributed by atoms with van der Waals surface area (Å²) < 4.78 is 2.51. The molecule has 17 heavy (non-hydrogen) atoms. The molecule has 0 aliphatic rings. The lowest BCUT2D eigenvalue weighted by molar-refractivity contribution is 0.684. The maximum atomic E-state index is 11.8. The van der Waals surface area contributed by atoms with Gasteiger partial charge in [0.05, 0.1) is 16.7 Å². The molecule has 0 unspecified atom stereocenters.